The molecule has 2 amide bonds. The monoisotopic (exact) mass is 284 g/mol. The molecule has 5 nitrogen and oxygen atoms in total. The summed E-state index contributed by atoms with van der Waals surface area (Å²) in [5, 5.41) is 11.6. The average molecular weight is 284 g/mol. The Morgan fingerprint density at radius 2 is 2.20 bits per heavy atom. The predicted octanol–water partition coefficient (Wildman–Crippen LogP) is 2.46. The molecule has 1 rings (SSSR count). The predicted molar refractivity (Wildman–Crippen MR) is 75.5 cm³/mol. The molecule has 0 saturated heterocycles. The van der Waals surface area contributed by atoms with E-state index in [9.17, 15) is 9.18 Å². The van der Waals surface area contributed by atoms with Gasteiger partial charge in [0.2, 0.25) is 0 Å². The number of rotatable bonds is 7. The molecule has 0 radical (unpaired) electrons. The number of nitrogens with zero attached hydrogens (tertiary/aromatic N) is 1. The van der Waals surface area contributed by atoms with Crippen LogP contribution in [0.5, 0.6) is 5.75 Å². The molecule has 0 bridgehead atoms. The number of hydrogen-bond donors (Lipinski definition) is 2. The molecule has 0 spiro atoms. The van der Waals surface area contributed by atoms with Crippen LogP contribution in [0.4, 0.5) is 14.9 Å². The van der Waals surface area contributed by atoms with Crippen LogP contribution in [0, 0.1) is 5.82 Å². The molecule has 0 atom stereocenters. The summed E-state index contributed by atoms with van der Waals surface area (Å²) in [7, 11) is 1.45. The van der Waals surface area contributed by atoms with Crippen LogP contribution >= 0.6 is 0 Å². The normalized spacial score (nSPS) is 10.2. The van der Waals surface area contributed by atoms with Crippen molar-refractivity contribution in [1.29, 1.82) is 0 Å². The van der Waals surface area contributed by atoms with Crippen molar-refractivity contribution >= 4 is 11.7 Å². The smallest absolute Gasteiger partial charge is 0.322 e. The summed E-state index contributed by atoms with van der Waals surface area (Å²) in [5.74, 6) is -0.0671. The fourth-order valence-corrected chi connectivity index (χ4v) is 1.76. The zero-order valence-electron chi connectivity index (χ0n) is 11.9. The molecular formula is C14H21FN2O3. The average Bonchev–Trinajstić information content (AvgIpc) is 2.43. The van der Waals surface area contributed by atoms with Crippen LogP contribution in [0.25, 0.3) is 0 Å². The highest BCUT2D eigenvalue weighted by atomic mass is 19.1. The molecule has 2 N–H and O–H groups in total. The first-order chi connectivity index (χ1) is 9.62. The van der Waals surface area contributed by atoms with Gasteiger partial charge in [0.25, 0.3) is 0 Å². The lowest BCUT2D eigenvalue weighted by Gasteiger charge is -2.22. The minimum absolute atomic E-state index is 0.114. The number of amides is 2. The molecule has 1 aromatic carbocycles. The van der Waals surface area contributed by atoms with Crippen molar-refractivity contribution in [2.75, 3.05) is 32.1 Å². The lowest BCUT2D eigenvalue weighted by Crippen LogP contribution is -2.37. The van der Waals surface area contributed by atoms with Crippen molar-refractivity contribution in [3.8, 4) is 5.75 Å². The first kappa shape index (κ1) is 16.2. The fourth-order valence-electron chi connectivity index (χ4n) is 1.76. The number of methoxy groups -OCH3 is 1. The van der Waals surface area contributed by atoms with Crippen LogP contribution < -0.4 is 10.1 Å². The van der Waals surface area contributed by atoms with E-state index in [0.717, 1.165) is 12.8 Å². The molecule has 0 aliphatic rings. The van der Waals surface area contributed by atoms with Gasteiger partial charge < -0.3 is 20.1 Å². The highest BCUT2D eigenvalue weighted by molar-refractivity contribution is 5.91. The third-order valence-electron chi connectivity index (χ3n) is 2.84. The molecule has 112 valence electrons. The van der Waals surface area contributed by atoms with Crippen molar-refractivity contribution in [2.24, 2.45) is 0 Å². The second-order valence-electron chi connectivity index (χ2n) is 4.34. The van der Waals surface area contributed by atoms with Crippen LogP contribution in [-0.2, 0) is 0 Å². The van der Waals surface area contributed by atoms with E-state index in [-0.39, 0.29) is 24.9 Å². The number of aliphatic hydroxyl groups is 1. The molecule has 6 heteroatoms. The van der Waals surface area contributed by atoms with Gasteiger partial charge in [0.05, 0.1) is 19.4 Å². The molecular weight excluding hydrogens is 263 g/mol. The Labute approximate surface area is 118 Å². The van der Waals surface area contributed by atoms with E-state index >= 15 is 0 Å². The lowest BCUT2D eigenvalue weighted by atomic mass is 10.3. The maximum atomic E-state index is 13.2. The Morgan fingerprint density at radius 1 is 1.45 bits per heavy atom. The molecule has 0 aliphatic heterocycles. The number of unbranched alkanes of at least 4 members (excludes halogenated alkanes) is 1. The minimum atomic E-state index is -0.455. The number of carbonyl (C=O) groups is 1. The molecule has 1 aromatic rings. The molecule has 0 heterocycles. The molecule has 0 saturated carbocycles. The zero-order chi connectivity index (χ0) is 15.0. The number of aliphatic hydroxyl groups excluding tert-OH is 1. The van der Waals surface area contributed by atoms with Crippen LogP contribution in [0.15, 0.2) is 18.2 Å². The quantitative estimate of drug-likeness (QED) is 0.808. The van der Waals surface area contributed by atoms with Gasteiger partial charge in [-0.15, -0.1) is 0 Å². The maximum absolute atomic E-state index is 13.2. The number of hydrogen-bond acceptors (Lipinski definition) is 3. The Kier molecular flexibility index (Phi) is 6.79. The number of halogens is 1. The summed E-state index contributed by atoms with van der Waals surface area (Å²) < 4.78 is 18.3. The van der Waals surface area contributed by atoms with Crippen LogP contribution in [0.3, 0.4) is 0 Å². The van der Waals surface area contributed by atoms with Gasteiger partial charge in [0.15, 0.2) is 0 Å². The molecule has 20 heavy (non-hydrogen) atoms. The van der Waals surface area contributed by atoms with Crippen LogP contribution in [0.2, 0.25) is 0 Å². The van der Waals surface area contributed by atoms with Gasteiger partial charge in [-0.05, 0) is 18.6 Å². The highest BCUT2D eigenvalue weighted by Gasteiger charge is 2.15. The number of anilines is 1. The van der Waals surface area contributed by atoms with Gasteiger partial charge in [-0.1, -0.05) is 13.3 Å². The van der Waals surface area contributed by atoms with Gasteiger partial charge in [-0.3, -0.25) is 0 Å². The van der Waals surface area contributed by atoms with Crippen molar-refractivity contribution in [3.05, 3.63) is 24.0 Å². The maximum Gasteiger partial charge on any atom is 0.322 e. The second-order valence-corrected chi connectivity index (χ2v) is 4.34. The van der Waals surface area contributed by atoms with Gasteiger partial charge in [0, 0.05) is 19.2 Å². The van der Waals surface area contributed by atoms with E-state index in [1.54, 1.807) is 0 Å². The summed E-state index contributed by atoms with van der Waals surface area (Å²) in [5.41, 5.74) is 0.275. The highest BCUT2D eigenvalue weighted by Crippen LogP contribution is 2.25. The number of urea groups is 1. The standard InChI is InChI=1S/C14H21FN2O3/c1-3-4-7-17(8-9-18)14(19)16-12-10-11(15)5-6-13(12)20-2/h5-6,10,18H,3-4,7-9H2,1-2H3,(H,16,19). The summed E-state index contributed by atoms with van der Waals surface area (Å²) in [6.07, 6.45) is 1.78. The SMILES string of the molecule is CCCCN(CCO)C(=O)Nc1cc(F)ccc1OC. The van der Waals surface area contributed by atoms with Gasteiger partial charge in [-0.2, -0.15) is 0 Å². The Balaban J connectivity index is 2.78. The van der Waals surface area contributed by atoms with E-state index in [4.69, 9.17) is 9.84 Å². The van der Waals surface area contributed by atoms with E-state index < -0.39 is 5.82 Å². The first-order valence-corrected chi connectivity index (χ1v) is 6.62. The number of benzene rings is 1. The van der Waals surface area contributed by atoms with E-state index in [2.05, 4.69) is 5.32 Å². The number of carbonyl (C=O) groups excluding carboxylic acids is 1. The second kappa shape index (κ2) is 8.37. The zero-order valence-corrected chi connectivity index (χ0v) is 11.9. The Morgan fingerprint density at radius 3 is 2.80 bits per heavy atom. The largest absolute Gasteiger partial charge is 0.495 e. The topological polar surface area (TPSA) is 61.8 Å². The molecule has 0 fully saturated rings. The first-order valence-electron chi connectivity index (χ1n) is 6.62. The van der Waals surface area contributed by atoms with Crippen LogP contribution in [-0.4, -0.2) is 42.8 Å². The molecule has 0 unspecified atom stereocenters. The summed E-state index contributed by atoms with van der Waals surface area (Å²) in [6.45, 7) is 2.69. The summed E-state index contributed by atoms with van der Waals surface area (Å²) in [6, 6.07) is 3.54. The van der Waals surface area contributed by atoms with Crippen molar-refractivity contribution < 1.29 is 19.0 Å². The number of ether oxygens (including phenoxy) is 1. The molecule has 0 aromatic heterocycles. The third-order valence-corrected chi connectivity index (χ3v) is 2.84. The van der Waals surface area contributed by atoms with Gasteiger partial charge in [0.1, 0.15) is 11.6 Å². The third kappa shape index (κ3) is 4.70. The van der Waals surface area contributed by atoms with Gasteiger partial charge in [-0.25, -0.2) is 9.18 Å². The summed E-state index contributed by atoms with van der Waals surface area (Å²) >= 11 is 0. The van der Waals surface area contributed by atoms with E-state index in [1.807, 2.05) is 6.92 Å². The fraction of sp³-hybridized carbons (Fsp3) is 0.500. The van der Waals surface area contributed by atoms with Crippen molar-refractivity contribution in [2.45, 2.75) is 19.8 Å². The molecule has 0 aliphatic carbocycles. The van der Waals surface area contributed by atoms with Crippen molar-refractivity contribution in [1.82, 2.24) is 4.90 Å². The van der Waals surface area contributed by atoms with E-state index in [1.165, 1.54) is 30.2 Å². The van der Waals surface area contributed by atoms with Crippen LogP contribution in [0.1, 0.15) is 19.8 Å². The number of nitrogens with one attached hydrogen (secondary N) is 1. The Hall–Kier alpha value is -1.82. The van der Waals surface area contributed by atoms with Gasteiger partial charge >= 0.3 is 6.03 Å². The summed E-state index contributed by atoms with van der Waals surface area (Å²) in [4.78, 5) is 13.6. The lowest BCUT2D eigenvalue weighted by molar-refractivity contribution is 0.187. The van der Waals surface area contributed by atoms with E-state index in [0.29, 0.717) is 12.3 Å². The minimum Gasteiger partial charge on any atom is -0.495 e. The van der Waals surface area contributed by atoms with Crippen molar-refractivity contribution in [3.63, 3.8) is 0 Å². The Bertz CT molecular complexity index is 440.